The minimum Gasteiger partial charge on any atom is -0.494 e. The van der Waals surface area contributed by atoms with Crippen LogP contribution in [0.5, 0.6) is 23.0 Å². The third-order valence-electron chi connectivity index (χ3n) is 5.56. The molecule has 0 spiro atoms. The van der Waals surface area contributed by atoms with Gasteiger partial charge in [-0.2, -0.15) is 0 Å². The second kappa shape index (κ2) is 12.6. The summed E-state index contributed by atoms with van der Waals surface area (Å²) in [6, 6.07) is 26.3. The summed E-state index contributed by atoms with van der Waals surface area (Å²) in [6.07, 6.45) is 0. The van der Waals surface area contributed by atoms with Crippen LogP contribution in [-0.4, -0.2) is 34.6 Å². The van der Waals surface area contributed by atoms with E-state index in [9.17, 15) is 13.2 Å². The highest BCUT2D eigenvalue weighted by molar-refractivity contribution is 7.92. The summed E-state index contributed by atoms with van der Waals surface area (Å²) in [5, 5.41) is 3.10. The van der Waals surface area contributed by atoms with Gasteiger partial charge in [0.15, 0.2) is 17.2 Å². The number of ether oxygens (including phenoxy) is 3. The van der Waals surface area contributed by atoms with Gasteiger partial charge in [-0.25, -0.2) is 8.42 Å². The van der Waals surface area contributed by atoms with Crippen molar-refractivity contribution in [2.24, 2.45) is 0 Å². The van der Waals surface area contributed by atoms with Crippen molar-refractivity contribution in [1.82, 2.24) is 0 Å². The molecule has 0 aliphatic heterocycles. The Balaban J connectivity index is 1.62. The predicted octanol–water partition coefficient (Wildman–Crippen LogP) is 6.37. The first-order valence-electron chi connectivity index (χ1n) is 12.0. The number of amides is 1. The molecule has 0 heterocycles. The maximum atomic E-state index is 13.7. The minimum absolute atomic E-state index is 0.0190. The summed E-state index contributed by atoms with van der Waals surface area (Å²) in [7, 11) is -2.58. The summed E-state index contributed by atoms with van der Waals surface area (Å²) < 4.78 is 45.2. The Morgan fingerprint density at radius 3 is 2.21 bits per heavy atom. The molecule has 0 saturated carbocycles. The number of nitrogens with zero attached hydrogens (tertiary/aromatic N) is 1. The SMILES string of the molecule is CCOc1ccc(S(=O)(=O)N(CC(=O)Nc2cc(Cl)ccc2Oc2ccccc2OC)c2ccccc2)cc1. The van der Waals surface area contributed by atoms with Crippen LogP contribution >= 0.6 is 11.6 Å². The maximum absolute atomic E-state index is 13.7. The van der Waals surface area contributed by atoms with Gasteiger partial charge in [0.05, 0.1) is 30.0 Å². The van der Waals surface area contributed by atoms with E-state index in [-0.39, 0.29) is 10.6 Å². The fourth-order valence-corrected chi connectivity index (χ4v) is 5.33. The van der Waals surface area contributed by atoms with E-state index in [2.05, 4.69) is 5.32 Å². The van der Waals surface area contributed by atoms with Crippen LogP contribution in [0.15, 0.2) is 102 Å². The average molecular weight is 567 g/mol. The molecule has 0 saturated heterocycles. The van der Waals surface area contributed by atoms with Crippen molar-refractivity contribution >= 4 is 38.9 Å². The lowest BCUT2D eigenvalue weighted by Crippen LogP contribution is -2.38. The molecule has 0 radical (unpaired) electrons. The first-order chi connectivity index (χ1) is 18.8. The zero-order valence-corrected chi connectivity index (χ0v) is 22.9. The summed E-state index contributed by atoms with van der Waals surface area (Å²) in [6.45, 7) is 1.79. The molecule has 1 N–H and O–H groups in total. The van der Waals surface area contributed by atoms with Gasteiger partial charge in [-0.15, -0.1) is 0 Å². The number of carbonyl (C=O) groups is 1. The van der Waals surface area contributed by atoms with Gasteiger partial charge < -0.3 is 19.5 Å². The lowest BCUT2D eigenvalue weighted by atomic mass is 10.2. The molecule has 0 atom stereocenters. The number of carbonyl (C=O) groups excluding carboxylic acids is 1. The summed E-state index contributed by atoms with van der Waals surface area (Å²) in [4.78, 5) is 13.3. The van der Waals surface area contributed by atoms with Gasteiger partial charge in [0.2, 0.25) is 5.91 Å². The van der Waals surface area contributed by atoms with Gasteiger partial charge >= 0.3 is 0 Å². The topological polar surface area (TPSA) is 94.2 Å². The van der Waals surface area contributed by atoms with Crippen molar-refractivity contribution in [3.8, 4) is 23.0 Å². The highest BCUT2D eigenvalue weighted by Gasteiger charge is 2.27. The first-order valence-corrected chi connectivity index (χ1v) is 13.8. The van der Waals surface area contributed by atoms with Crippen LogP contribution in [0.1, 0.15) is 6.92 Å². The van der Waals surface area contributed by atoms with E-state index >= 15 is 0 Å². The Labute approximate surface area is 232 Å². The van der Waals surface area contributed by atoms with Crippen LogP contribution in [0.4, 0.5) is 11.4 Å². The van der Waals surface area contributed by atoms with Crippen molar-refractivity contribution in [2.75, 3.05) is 29.9 Å². The number of nitrogens with one attached hydrogen (secondary N) is 1. The van der Waals surface area contributed by atoms with Crippen molar-refractivity contribution in [1.29, 1.82) is 0 Å². The van der Waals surface area contributed by atoms with Crippen LogP contribution in [0.3, 0.4) is 0 Å². The smallest absolute Gasteiger partial charge is 0.264 e. The van der Waals surface area contributed by atoms with Gasteiger partial charge in [0, 0.05) is 5.02 Å². The van der Waals surface area contributed by atoms with E-state index in [0.29, 0.717) is 40.3 Å². The van der Waals surface area contributed by atoms with E-state index < -0.39 is 22.5 Å². The molecule has 0 aliphatic carbocycles. The number of sulfonamides is 1. The second-order valence-corrected chi connectivity index (χ2v) is 10.5. The number of anilines is 2. The molecule has 1 amide bonds. The summed E-state index contributed by atoms with van der Waals surface area (Å²) in [5.74, 6) is 1.19. The van der Waals surface area contributed by atoms with E-state index in [4.69, 9.17) is 25.8 Å². The number of halogens is 1. The highest BCUT2D eigenvalue weighted by atomic mass is 35.5. The highest BCUT2D eigenvalue weighted by Crippen LogP contribution is 2.36. The second-order valence-electron chi connectivity index (χ2n) is 8.19. The Morgan fingerprint density at radius 2 is 1.54 bits per heavy atom. The van der Waals surface area contributed by atoms with Crippen molar-refractivity contribution < 1.29 is 27.4 Å². The van der Waals surface area contributed by atoms with E-state index in [0.717, 1.165) is 4.31 Å². The Bertz CT molecular complexity index is 1530. The first kappa shape index (κ1) is 27.8. The van der Waals surface area contributed by atoms with Crippen LogP contribution in [0.2, 0.25) is 5.02 Å². The monoisotopic (exact) mass is 566 g/mol. The lowest BCUT2D eigenvalue weighted by molar-refractivity contribution is -0.114. The van der Waals surface area contributed by atoms with Gasteiger partial charge in [-0.05, 0) is 73.7 Å². The van der Waals surface area contributed by atoms with E-state index in [1.54, 1.807) is 78.9 Å². The fourth-order valence-electron chi connectivity index (χ4n) is 3.74. The van der Waals surface area contributed by atoms with Crippen molar-refractivity contribution in [2.45, 2.75) is 11.8 Å². The van der Waals surface area contributed by atoms with Gasteiger partial charge in [-0.3, -0.25) is 9.10 Å². The van der Waals surface area contributed by atoms with E-state index in [1.807, 2.05) is 6.92 Å². The average Bonchev–Trinajstić information content (AvgIpc) is 2.94. The normalized spacial score (nSPS) is 10.9. The molecule has 0 bridgehead atoms. The van der Waals surface area contributed by atoms with Crippen molar-refractivity contribution in [3.63, 3.8) is 0 Å². The maximum Gasteiger partial charge on any atom is 0.264 e. The standard InChI is InChI=1S/C29H27ClN2O6S/c1-3-37-23-14-16-24(17-15-23)39(34,35)32(22-9-5-4-6-10-22)20-29(33)31-25-19-21(30)13-18-26(25)38-28-12-8-7-11-27(28)36-2/h4-19H,3,20H2,1-2H3,(H,31,33). The van der Waals surface area contributed by atoms with Crippen LogP contribution in [0.25, 0.3) is 0 Å². The van der Waals surface area contributed by atoms with Crippen LogP contribution in [-0.2, 0) is 14.8 Å². The van der Waals surface area contributed by atoms with Gasteiger partial charge in [-0.1, -0.05) is 41.9 Å². The Kier molecular flexibility index (Phi) is 8.96. The van der Waals surface area contributed by atoms with Crippen LogP contribution < -0.4 is 23.8 Å². The third kappa shape index (κ3) is 6.81. The number of rotatable bonds is 11. The Morgan fingerprint density at radius 1 is 0.872 bits per heavy atom. The minimum atomic E-state index is -4.11. The molecule has 4 rings (SSSR count). The fraction of sp³-hybridized carbons (Fsp3) is 0.138. The molecule has 39 heavy (non-hydrogen) atoms. The third-order valence-corrected chi connectivity index (χ3v) is 7.58. The molecule has 0 aliphatic rings. The number of para-hydroxylation sites is 3. The number of hydrogen-bond acceptors (Lipinski definition) is 6. The lowest BCUT2D eigenvalue weighted by Gasteiger charge is -2.24. The molecule has 0 aromatic heterocycles. The quantitative estimate of drug-likeness (QED) is 0.227. The molecule has 0 unspecified atom stereocenters. The predicted molar refractivity (Wildman–Crippen MR) is 152 cm³/mol. The van der Waals surface area contributed by atoms with E-state index in [1.165, 1.54) is 25.3 Å². The van der Waals surface area contributed by atoms with Gasteiger partial charge in [0.1, 0.15) is 12.3 Å². The molecule has 0 fully saturated rings. The molecular weight excluding hydrogens is 540 g/mol. The largest absolute Gasteiger partial charge is 0.494 e. The number of hydrogen-bond donors (Lipinski definition) is 1. The number of methoxy groups -OCH3 is 1. The summed E-state index contributed by atoms with van der Waals surface area (Å²) in [5.41, 5.74) is 0.600. The molecule has 202 valence electrons. The zero-order valence-electron chi connectivity index (χ0n) is 21.3. The zero-order chi connectivity index (χ0) is 27.8. The molecule has 10 heteroatoms. The molecule has 4 aromatic carbocycles. The van der Waals surface area contributed by atoms with Crippen LogP contribution in [0, 0.1) is 0 Å². The number of benzene rings is 4. The Hall–Kier alpha value is -4.21. The summed E-state index contributed by atoms with van der Waals surface area (Å²) >= 11 is 6.20. The van der Waals surface area contributed by atoms with Crippen molar-refractivity contribution in [3.05, 3.63) is 102 Å². The molecule has 4 aromatic rings. The molecular formula is C29H27ClN2O6S. The van der Waals surface area contributed by atoms with Gasteiger partial charge in [0.25, 0.3) is 10.0 Å². The molecule has 8 nitrogen and oxygen atoms in total.